The molecule has 0 atom stereocenters. The molecule has 0 saturated carbocycles. The molecular weight excluding hydrogens is 285 g/mol. The second kappa shape index (κ2) is 7.01. The number of hydrogen-bond acceptors (Lipinski definition) is 1. The van der Waals surface area contributed by atoms with E-state index in [9.17, 15) is 4.39 Å². The Balaban J connectivity index is 1.98. The highest BCUT2D eigenvalue weighted by Gasteiger charge is 2.06. The lowest BCUT2D eigenvalue weighted by Gasteiger charge is -2.08. The number of benzene rings is 3. The van der Waals surface area contributed by atoms with Crippen molar-refractivity contribution in [1.82, 2.24) is 0 Å². The molecule has 2 heteroatoms. The molecule has 0 bridgehead atoms. The molecule has 114 valence electrons. The van der Waals surface area contributed by atoms with Gasteiger partial charge in [0, 0.05) is 6.42 Å². The minimum absolute atomic E-state index is 0.233. The van der Waals surface area contributed by atoms with Gasteiger partial charge in [-0.3, -0.25) is 4.99 Å². The highest BCUT2D eigenvalue weighted by atomic mass is 19.1. The van der Waals surface area contributed by atoms with E-state index in [1.54, 1.807) is 12.1 Å². The van der Waals surface area contributed by atoms with Crippen molar-refractivity contribution in [3.63, 3.8) is 0 Å². The van der Waals surface area contributed by atoms with Crippen molar-refractivity contribution in [3.8, 4) is 0 Å². The predicted molar refractivity (Wildman–Crippen MR) is 93.9 cm³/mol. The number of aliphatic imine (C=N–C) groups is 1. The number of hydrogen-bond donors (Lipinski definition) is 0. The highest BCUT2D eigenvalue weighted by Crippen LogP contribution is 2.17. The summed E-state index contributed by atoms with van der Waals surface area (Å²) < 4.78 is 13.2. The predicted octanol–water partition coefficient (Wildman–Crippen LogP) is 5.50. The largest absolute Gasteiger partial charge is 0.252 e. The summed E-state index contributed by atoms with van der Waals surface area (Å²) >= 11 is 0. The Kier molecular flexibility index (Phi) is 4.62. The molecule has 0 spiro atoms. The van der Waals surface area contributed by atoms with Crippen LogP contribution in [0.1, 0.15) is 16.7 Å². The van der Waals surface area contributed by atoms with Crippen LogP contribution in [-0.2, 0) is 6.42 Å². The average molecular weight is 303 g/mol. The zero-order valence-corrected chi connectivity index (χ0v) is 13.0. The molecule has 3 aromatic carbocycles. The summed E-state index contributed by atoms with van der Waals surface area (Å²) in [5, 5.41) is 0. The maximum atomic E-state index is 13.2. The van der Waals surface area contributed by atoms with Crippen LogP contribution in [0.15, 0.2) is 83.9 Å². The molecule has 0 aliphatic rings. The van der Waals surface area contributed by atoms with E-state index in [1.807, 2.05) is 42.5 Å². The Labute approximate surface area is 136 Å². The molecule has 0 amide bonds. The second-order valence-corrected chi connectivity index (χ2v) is 5.56. The molecule has 0 aliphatic carbocycles. The third-order valence-electron chi connectivity index (χ3n) is 3.69. The lowest BCUT2D eigenvalue weighted by molar-refractivity contribution is 0.628. The summed E-state index contributed by atoms with van der Waals surface area (Å²) in [6.45, 7) is 2.05. The van der Waals surface area contributed by atoms with Gasteiger partial charge in [-0.1, -0.05) is 60.2 Å². The molecule has 23 heavy (non-hydrogen) atoms. The smallest absolute Gasteiger partial charge is 0.123 e. The van der Waals surface area contributed by atoms with E-state index in [4.69, 9.17) is 4.99 Å². The van der Waals surface area contributed by atoms with Crippen molar-refractivity contribution in [3.05, 3.63) is 101 Å². The summed E-state index contributed by atoms with van der Waals surface area (Å²) in [6.07, 6.45) is 0.709. The highest BCUT2D eigenvalue weighted by molar-refractivity contribution is 6.03. The molecule has 0 heterocycles. The van der Waals surface area contributed by atoms with Crippen LogP contribution in [0.25, 0.3) is 0 Å². The van der Waals surface area contributed by atoms with Crippen molar-refractivity contribution in [2.45, 2.75) is 13.3 Å². The number of rotatable bonds is 4. The minimum atomic E-state index is -0.233. The molecular formula is C21H18FN. The van der Waals surface area contributed by atoms with Gasteiger partial charge < -0.3 is 0 Å². The van der Waals surface area contributed by atoms with E-state index in [0.29, 0.717) is 6.42 Å². The first kappa shape index (κ1) is 15.2. The molecule has 0 aliphatic heterocycles. The maximum Gasteiger partial charge on any atom is 0.123 e. The maximum absolute atomic E-state index is 13.2. The minimum Gasteiger partial charge on any atom is -0.252 e. The van der Waals surface area contributed by atoms with Crippen molar-refractivity contribution in [2.24, 2.45) is 4.99 Å². The second-order valence-electron chi connectivity index (χ2n) is 5.56. The first-order chi connectivity index (χ1) is 11.2. The topological polar surface area (TPSA) is 12.4 Å². The van der Waals surface area contributed by atoms with Crippen LogP contribution in [0.4, 0.5) is 10.1 Å². The third kappa shape index (κ3) is 4.13. The summed E-state index contributed by atoms with van der Waals surface area (Å²) in [5.41, 5.74) is 5.17. The van der Waals surface area contributed by atoms with Crippen LogP contribution in [0.2, 0.25) is 0 Å². The first-order valence-corrected chi connectivity index (χ1v) is 7.65. The van der Waals surface area contributed by atoms with Crippen molar-refractivity contribution in [1.29, 1.82) is 0 Å². The lowest BCUT2D eigenvalue weighted by atomic mass is 10.0. The molecule has 0 radical (unpaired) electrons. The van der Waals surface area contributed by atoms with E-state index in [1.165, 1.54) is 23.3 Å². The average Bonchev–Trinajstić information content (AvgIpc) is 2.58. The number of aryl methyl sites for hydroxylation is 1. The Hall–Kier alpha value is -2.74. The van der Waals surface area contributed by atoms with E-state index < -0.39 is 0 Å². The zero-order valence-electron chi connectivity index (χ0n) is 13.0. The summed E-state index contributed by atoms with van der Waals surface area (Å²) in [6, 6.07) is 24.8. The van der Waals surface area contributed by atoms with E-state index in [-0.39, 0.29) is 5.82 Å². The van der Waals surface area contributed by atoms with Crippen LogP contribution in [0.5, 0.6) is 0 Å². The van der Waals surface area contributed by atoms with Gasteiger partial charge in [-0.25, -0.2) is 4.39 Å². The van der Waals surface area contributed by atoms with Gasteiger partial charge in [0.05, 0.1) is 11.4 Å². The third-order valence-corrected chi connectivity index (χ3v) is 3.69. The molecule has 1 nitrogen and oxygen atoms in total. The molecule has 0 aromatic heterocycles. The molecule has 0 unspecified atom stereocenters. The van der Waals surface area contributed by atoms with Crippen molar-refractivity contribution in [2.75, 3.05) is 0 Å². The summed E-state index contributed by atoms with van der Waals surface area (Å²) in [7, 11) is 0. The number of halogens is 1. The van der Waals surface area contributed by atoms with E-state index >= 15 is 0 Å². The Morgan fingerprint density at radius 3 is 2.13 bits per heavy atom. The Morgan fingerprint density at radius 2 is 1.48 bits per heavy atom. The van der Waals surface area contributed by atoms with Gasteiger partial charge in [-0.05, 0) is 42.3 Å². The fraction of sp³-hybridized carbons (Fsp3) is 0.0952. The normalized spacial score (nSPS) is 11.5. The summed E-state index contributed by atoms with van der Waals surface area (Å²) in [4.78, 5) is 4.79. The molecule has 0 fully saturated rings. The van der Waals surface area contributed by atoms with E-state index in [0.717, 1.165) is 17.0 Å². The first-order valence-electron chi connectivity index (χ1n) is 7.65. The monoisotopic (exact) mass is 303 g/mol. The Bertz CT molecular complexity index is 788. The lowest BCUT2D eigenvalue weighted by Crippen LogP contribution is -2.05. The van der Waals surface area contributed by atoms with Gasteiger partial charge in [-0.2, -0.15) is 0 Å². The van der Waals surface area contributed by atoms with Gasteiger partial charge in [0.15, 0.2) is 0 Å². The fourth-order valence-corrected chi connectivity index (χ4v) is 2.41. The van der Waals surface area contributed by atoms with Gasteiger partial charge >= 0.3 is 0 Å². The molecule has 3 aromatic rings. The van der Waals surface area contributed by atoms with E-state index in [2.05, 4.69) is 19.1 Å². The standard InChI is InChI=1S/C21H18FN/c1-16-7-13-20(14-8-16)23-21(15-17-5-3-2-4-6-17)18-9-11-19(22)12-10-18/h2-14H,15H2,1H3/b23-21+. The van der Waals surface area contributed by atoms with Gasteiger partial charge in [-0.15, -0.1) is 0 Å². The fourth-order valence-electron chi connectivity index (χ4n) is 2.41. The SMILES string of the molecule is Cc1ccc(/N=C(\Cc2ccccc2)c2ccc(F)cc2)cc1. The van der Waals surface area contributed by atoms with Crippen LogP contribution in [-0.4, -0.2) is 5.71 Å². The van der Waals surface area contributed by atoms with Crippen LogP contribution in [0.3, 0.4) is 0 Å². The van der Waals surface area contributed by atoms with Crippen LogP contribution >= 0.6 is 0 Å². The van der Waals surface area contributed by atoms with Gasteiger partial charge in [0.1, 0.15) is 5.82 Å². The number of nitrogens with zero attached hydrogens (tertiary/aromatic N) is 1. The zero-order chi connectivity index (χ0) is 16.1. The van der Waals surface area contributed by atoms with Crippen LogP contribution in [0, 0.1) is 12.7 Å². The molecule has 0 saturated heterocycles. The molecule has 3 rings (SSSR count). The van der Waals surface area contributed by atoms with Gasteiger partial charge in [0.25, 0.3) is 0 Å². The Morgan fingerprint density at radius 1 is 0.826 bits per heavy atom. The van der Waals surface area contributed by atoms with Gasteiger partial charge in [0.2, 0.25) is 0 Å². The van der Waals surface area contributed by atoms with Crippen molar-refractivity contribution >= 4 is 11.4 Å². The quantitative estimate of drug-likeness (QED) is 0.564. The van der Waals surface area contributed by atoms with Crippen LogP contribution < -0.4 is 0 Å². The molecule has 0 N–H and O–H groups in total. The van der Waals surface area contributed by atoms with Crippen molar-refractivity contribution < 1.29 is 4.39 Å². The summed E-state index contributed by atoms with van der Waals surface area (Å²) in [5.74, 6) is -0.233.